The topological polar surface area (TPSA) is 9.86 Å². The molecule has 0 spiro atoms. The molecule has 0 amide bonds. The average Bonchev–Trinajstić information content (AvgIpc) is 3.89. The van der Waals surface area contributed by atoms with Crippen LogP contribution < -0.4 is 20.7 Å². The smallest absolute Gasteiger partial charge is 0.179 e. The van der Waals surface area contributed by atoms with Crippen molar-refractivity contribution < 1.29 is 0 Å². The molecule has 0 unspecified atom stereocenters. The normalized spacial score (nSPS) is 11.8. The van der Waals surface area contributed by atoms with Crippen molar-refractivity contribution in [3.63, 3.8) is 0 Å². The summed E-state index contributed by atoms with van der Waals surface area (Å²) in [6.45, 7) is 0. The lowest BCUT2D eigenvalue weighted by Crippen LogP contribution is -2.74. The van der Waals surface area contributed by atoms with Crippen molar-refractivity contribution in [3.05, 3.63) is 255 Å². The van der Waals surface area contributed by atoms with E-state index in [0.717, 1.165) is 11.4 Å². The molecule has 0 aliphatic heterocycles. The third-order valence-electron chi connectivity index (χ3n) is 13.0. The largest absolute Gasteiger partial charge is 0.307 e. The van der Waals surface area contributed by atoms with Crippen LogP contribution in [0.1, 0.15) is 0 Å². The van der Waals surface area contributed by atoms with Gasteiger partial charge in [-0.25, -0.2) is 0 Å². The molecule has 0 saturated heterocycles. The molecule has 63 heavy (non-hydrogen) atoms. The van der Waals surface area contributed by atoms with E-state index in [-0.39, 0.29) is 0 Å². The van der Waals surface area contributed by atoms with Crippen molar-refractivity contribution in [3.8, 4) is 33.6 Å². The van der Waals surface area contributed by atoms with Crippen LogP contribution >= 0.6 is 0 Å². The Morgan fingerprint density at radius 3 is 1.33 bits per heavy atom. The second kappa shape index (κ2) is 15.2. The number of nitrogens with zero attached hydrogens (tertiary/aromatic N) is 2. The number of hydrogen-bond acceptors (Lipinski definition) is 0. The van der Waals surface area contributed by atoms with Crippen LogP contribution in [0.2, 0.25) is 0 Å². The fourth-order valence-electron chi connectivity index (χ4n) is 10.4. The first-order valence-corrected chi connectivity index (χ1v) is 23.8. The van der Waals surface area contributed by atoms with E-state index in [9.17, 15) is 0 Å². The summed E-state index contributed by atoms with van der Waals surface area (Å²) >= 11 is 0. The minimum atomic E-state index is -2.90. The van der Waals surface area contributed by atoms with Gasteiger partial charge in [0.05, 0.1) is 27.8 Å². The van der Waals surface area contributed by atoms with Gasteiger partial charge in [-0.05, 0) is 67.8 Å². The maximum absolute atomic E-state index is 2.90. The van der Waals surface area contributed by atoms with Gasteiger partial charge in [-0.3, -0.25) is 0 Å². The van der Waals surface area contributed by atoms with Crippen LogP contribution in [-0.4, -0.2) is 17.2 Å². The standard InChI is InChI=1S/C60H42N2Si/c1-6-22-43(23-7-1)45-26-20-27-46(40-45)61-56-37-18-16-34-51(56)53-36-21-39-58(60(53)61)62-57-38-19-17-35-52(57)55-42-50(41-54(59(55)62)44-24-8-2-9-25-44)63(47-28-10-3-11-29-47,48-30-12-4-13-31-48)49-32-14-5-15-33-49/h1-42H. The molecule has 0 aliphatic rings. The van der Waals surface area contributed by atoms with Gasteiger partial charge in [0.25, 0.3) is 0 Å². The Morgan fingerprint density at radius 1 is 0.270 bits per heavy atom. The highest BCUT2D eigenvalue weighted by Crippen LogP contribution is 2.42. The summed E-state index contributed by atoms with van der Waals surface area (Å²) in [6.07, 6.45) is 0. The van der Waals surface area contributed by atoms with Gasteiger partial charge >= 0.3 is 0 Å². The van der Waals surface area contributed by atoms with E-state index in [1.165, 1.54) is 86.6 Å². The van der Waals surface area contributed by atoms with E-state index >= 15 is 0 Å². The summed E-state index contributed by atoms with van der Waals surface area (Å²) in [5, 5.41) is 10.4. The molecule has 12 aromatic rings. The van der Waals surface area contributed by atoms with E-state index < -0.39 is 8.07 Å². The molecule has 3 heteroatoms. The first-order chi connectivity index (χ1) is 31.3. The first-order valence-electron chi connectivity index (χ1n) is 21.8. The number of benzene rings is 10. The van der Waals surface area contributed by atoms with Crippen LogP contribution in [0, 0.1) is 0 Å². The Bertz CT molecular complexity index is 3500. The number of aromatic nitrogens is 2. The molecule has 2 heterocycles. The van der Waals surface area contributed by atoms with Crippen LogP contribution in [0.15, 0.2) is 255 Å². The van der Waals surface area contributed by atoms with Gasteiger partial charge in [-0.1, -0.05) is 224 Å². The van der Waals surface area contributed by atoms with E-state index in [4.69, 9.17) is 0 Å². The van der Waals surface area contributed by atoms with Crippen molar-refractivity contribution in [2.24, 2.45) is 0 Å². The Morgan fingerprint density at radius 2 is 0.730 bits per heavy atom. The lowest BCUT2D eigenvalue weighted by Gasteiger charge is -2.35. The highest BCUT2D eigenvalue weighted by molar-refractivity contribution is 7.20. The molecule has 0 N–H and O–H groups in total. The minimum absolute atomic E-state index is 1.13. The number of rotatable bonds is 8. The van der Waals surface area contributed by atoms with Crippen molar-refractivity contribution in [1.29, 1.82) is 0 Å². The molecule has 2 aromatic heterocycles. The molecule has 0 bridgehead atoms. The van der Waals surface area contributed by atoms with Crippen LogP contribution in [0.25, 0.3) is 77.2 Å². The van der Waals surface area contributed by atoms with E-state index in [1.807, 2.05) is 0 Å². The highest BCUT2D eigenvalue weighted by Gasteiger charge is 2.42. The zero-order chi connectivity index (χ0) is 41.7. The fourth-order valence-corrected chi connectivity index (χ4v) is 15.2. The van der Waals surface area contributed by atoms with Gasteiger partial charge in [-0.2, -0.15) is 0 Å². The maximum Gasteiger partial charge on any atom is 0.179 e. The summed E-state index contributed by atoms with van der Waals surface area (Å²) in [7, 11) is -2.90. The van der Waals surface area contributed by atoms with Gasteiger partial charge in [0.1, 0.15) is 0 Å². The molecule has 0 fully saturated rings. The monoisotopic (exact) mass is 818 g/mol. The number of fused-ring (bicyclic) bond motifs is 6. The lowest BCUT2D eigenvalue weighted by atomic mass is 10.0. The van der Waals surface area contributed by atoms with Crippen molar-refractivity contribution in [2.75, 3.05) is 0 Å². The molecule has 0 atom stereocenters. The van der Waals surface area contributed by atoms with Gasteiger partial charge in [0.15, 0.2) is 8.07 Å². The summed E-state index contributed by atoms with van der Waals surface area (Å²) < 4.78 is 5.05. The molecular formula is C60H42N2Si. The Hall–Kier alpha value is -7.98. The Kier molecular flexibility index (Phi) is 8.87. The Balaban J connectivity index is 1.23. The van der Waals surface area contributed by atoms with E-state index in [2.05, 4.69) is 264 Å². The molecule has 12 rings (SSSR count). The Labute approximate surface area is 368 Å². The summed E-state index contributed by atoms with van der Waals surface area (Å²) in [6, 6.07) is 94.4. The van der Waals surface area contributed by atoms with Crippen molar-refractivity contribution in [1.82, 2.24) is 9.13 Å². The zero-order valence-electron chi connectivity index (χ0n) is 34.6. The average molecular weight is 819 g/mol. The highest BCUT2D eigenvalue weighted by atomic mass is 28.3. The predicted molar refractivity (Wildman–Crippen MR) is 270 cm³/mol. The summed E-state index contributed by atoms with van der Waals surface area (Å²) in [5.41, 5.74) is 11.8. The second-order valence-electron chi connectivity index (χ2n) is 16.4. The van der Waals surface area contributed by atoms with Gasteiger partial charge in [0.2, 0.25) is 0 Å². The van der Waals surface area contributed by atoms with Gasteiger partial charge < -0.3 is 9.13 Å². The quantitative estimate of drug-likeness (QED) is 0.107. The lowest BCUT2D eigenvalue weighted by molar-refractivity contribution is 1.13. The molecule has 296 valence electrons. The summed E-state index contributed by atoms with van der Waals surface area (Å²) in [5.74, 6) is 0. The SMILES string of the molecule is c1ccc(-c2cccc(-n3c4ccccc4c4cccc(-n5c6ccccc6c6cc([Si](c7ccccc7)(c7ccccc7)c7ccccc7)cc(-c7ccccc7)c65)c43)c2)cc1. The predicted octanol–water partition coefficient (Wildman–Crippen LogP) is 12.6. The second-order valence-corrected chi connectivity index (χ2v) is 20.2. The van der Waals surface area contributed by atoms with Crippen LogP contribution in [0.3, 0.4) is 0 Å². The number of hydrogen-bond donors (Lipinski definition) is 0. The van der Waals surface area contributed by atoms with Crippen LogP contribution in [0.5, 0.6) is 0 Å². The van der Waals surface area contributed by atoms with Gasteiger partial charge in [0, 0.05) is 32.8 Å². The minimum Gasteiger partial charge on any atom is -0.307 e. The molecule has 0 saturated carbocycles. The summed E-state index contributed by atoms with van der Waals surface area (Å²) in [4.78, 5) is 0. The van der Waals surface area contributed by atoms with E-state index in [1.54, 1.807) is 0 Å². The molecule has 0 radical (unpaired) electrons. The molecule has 10 aromatic carbocycles. The third-order valence-corrected chi connectivity index (χ3v) is 17.8. The van der Waals surface area contributed by atoms with Gasteiger partial charge in [-0.15, -0.1) is 0 Å². The molecule has 0 aliphatic carbocycles. The zero-order valence-corrected chi connectivity index (χ0v) is 35.6. The maximum atomic E-state index is 2.56. The van der Waals surface area contributed by atoms with Crippen molar-refractivity contribution in [2.45, 2.75) is 0 Å². The fraction of sp³-hybridized carbons (Fsp3) is 0. The van der Waals surface area contributed by atoms with E-state index in [0.29, 0.717) is 0 Å². The number of para-hydroxylation sites is 3. The van der Waals surface area contributed by atoms with Crippen LogP contribution in [0.4, 0.5) is 0 Å². The molecule has 2 nitrogen and oxygen atoms in total. The first kappa shape index (κ1) is 36.8. The third kappa shape index (κ3) is 5.85. The van der Waals surface area contributed by atoms with Crippen LogP contribution in [-0.2, 0) is 0 Å². The molecular weight excluding hydrogens is 777 g/mol. The van der Waals surface area contributed by atoms with Crippen molar-refractivity contribution >= 4 is 72.4 Å².